The van der Waals surface area contributed by atoms with Crippen LogP contribution in [0.4, 0.5) is 16.2 Å². The van der Waals surface area contributed by atoms with Crippen molar-refractivity contribution in [3.63, 3.8) is 0 Å². The van der Waals surface area contributed by atoms with Crippen molar-refractivity contribution >= 4 is 23.1 Å². The number of nitrogens with zero attached hydrogens (tertiary/aromatic N) is 5. The van der Waals surface area contributed by atoms with Crippen LogP contribution < -0.4 is 20.1 Å². The number of fused-ring (bicyclic) bond motifs is 1. The van der Waals surface area contributed by atoms with Crippen LogP contribution in [-0.4, -0.2) is 45.0 Å². The molecule has 174 valence electrons. The molecular formula is C25H21N7O3. The van der Waals surface area contributed by atoms with E-state index in [2.05, 4.69) is 25.8 Å². The molecular weight excluding hydrogens is 446 g/mol. The minimum atomic E-state index is -0.393. The Morgan fingerprint density at radius 3 is 2.40 bits per heavy atom. The minimum absolute atomic E-state index is 0.393. The van der Waals surface area contributed by atoms with Gasteiger partial charge in [0.1, 0.15) is 0 Å². The standard InChI is InChI=1S/C25H21N7O3/c1-34-21-10-8-19(14-22(21)35-2)28-25(33)27-18-7-3-5-16(13-18)20-9-11-23-29-30-24(32(23)31-20)17-6-4-12-26-15-17/h3-15H,1-2H3,(H2,27,28,33). The lowest BCUT2D eigenvalue weighted by Crippen LogP contribution is -2.19. The summed E-state index contributed by atoms with van der Waals surface area (Å²) in [7, 11) is 3.10. The van der Waals surface area contributed by atoms with Gasteiger partial charge in [-0.15, -0.1) is 10.2 Å². The van der Waals surface area contributed by atoms with Crippen molar-refractivity contribution in [2.24, 2.45) is 0 Å². The number of rotatable bonds is 6. The Hall–Kier alpha value is -4.99. The zero-order valence-electron chi connectivity index (χ0n) is 19.0. The van der Waals surface area contributed by atoms with Crippen molar-refractivity contribution in [3.05, 3.63) is 79.1 Å². The van der Waals surface area contributed by atoms with E-state index in [0.29, 0.717) is 40.0 Å². The molecule has 0 bridgehead atoms. The molecule has 0 aliphatic rings. The molecule has 10 nitrogen and oxygen atoms in total. The second kappa shape index (κ2) is 9.48. The van der Waals surface area contributed by atoms with E-state index in [4.69, 9.17) is 14.6 Å². The fourth-order valence-electron chi connectivity index (χ4n) is 3.58. The molecule has 0 unspecified atom stereocenters. The molecule has 0 spiro atoms. The number of pyridine rings is 1. The molecule has 35 heavy (non-hydrogen) atoms. The van der Waals surface area contributed by atoms with E-state index in [1.807, 2.05) is 42.5 Å². The maximum atomic E-state index is 12.6. The Morgan fingerprint density at radius 2 is 1.63 bits per heavy atom. The van der Waals surface area contributed by atoms with Gasteiger partial charge in [-0.3, -0.25) is 4.98 Å². The van der Waals surface area contributed by atoms with Crippen molar-refractivity contribution in [2.45, 2.75) is 0 Å². The van der Waals surface area contributed by atoms with Gasteiger partial charge in [0.2, 0.25) is 0 Å². The molecule has 0 aliphatic heterocycles. The summed E-state index contributed by atoms with van der Waals surface area (Å²) in [6.07, 6.45) is 3.41. The van der Waals surface area contributed by atoms with Crippen molar-refractivity contribution in [1.29, 1.82) is 0 Å². The van der Waals surface area contributed by atoms with Gasteiger partial charge >= 0.3 is 6.03 Å². The number of anilines is 2. The van der Waals surface area contributed by atoms with Crippen molar-refractivity contribution < 1.29 is 14.3 Å². The van der Waals surface area contributed by atoms with Crippen LogP contribution >= 0.6 is 0 Å². The summed E-state index contributed by atoms with van der Waals surface area (Å²) < 4.78 is 12.2. The number of carbonyl (C=O) groups excluding carboxylic acids is 1. The van der Waals surface area contributed by atoms with Gasteiger partial charge in [0.15, 0.2) is 23.0 Å². The number of methoxy groups -OCH3 is 2. The van der Waals surface area contributed by atoms with Crippen LogP contribution in [0.1, 0.15) is 0 Å². The molecule has 3 aromatic heterocycles. The third-order valence-electron chi connectivity index (χ3n) is 5.24. The fraction of sp³-hybridized carbons (Fsp3) is 0.0800. The normalized spacial score (nSPS) is 10.7. The van der Waals surface area contributed by atoms with Crippen LogP contribution in [0, 0.1) is 0 Å². The Balaban J connectivity index is 1.37. The van der Waals surface area contributed by atoms with Gasteiger partial charge in [-0.1, -0.05) is 12.1 Å². The molecule has 2 amide bonds. The van der Waals surface area contributed by atoms with Crippen LogP contribution in [0.2, 0.25) is 0 Å². The van der Waals surface area contributed by atoms with E-state index in [-0.39, 0.29) is 0 Å². The third-order valence-corrected chi connectivity index (χ3v) is 5.24. The Labute approximate surface area is 200 Å². The molecule has 2 aromatic carbocycles. The first kappa shape index (κ1) is 21.8. The predicted octanol–water partition coefficient (Wildman–Crippen LogP) is 4.51. The highest BCUT2D eigenvalue weighted by atomic mass is 16.5. The monoisotopic (exact) mass is 467 g/mol. The molecule has 10 heteroatoms. The summed E-state index contributed by atoms with van der Waals surface area (Å²) in [5, 5.41) is 18.8. The first-order chi connectivity index (χ1) is 17.1. The highest BCUT2D eigenvalue weighted by molar-refractivity contribution is 6.00. The Bertz CT molecular complexity index is 1500. The van der Waals surface area contributed by atoms with Gasteiger partial charge in [0.25, 0.3) is 0 Å². The molecule has 5 aromatic rings. The van der Waals surface area contributed by atoms with E-state index in [9.17, 15) is 4.79 Å². The highest BCUT2D eigenvalue weighted by Gasteiger charge is 2.12. The number of carbonyl (C=O) groups is 1. The van der Waals surface area contributed by atoms with Gasteiger partial charge in [-0.25, -0.2) is 4.79 Å². The van der Waals surface area contributed by atoms with Gasteiger partial charge in [-0.2, -0.15) is 9.61 Å². The number of hydrogen-bond donors (Lipinski definition) is 2. The van der Waals surface area contributed by atoms with Gasteiger partial charge in [0.05, 0.1) is 19.9 Å². The third kappa shape index (κ3) is 4.58. The maximum Gasteiger partial charge on any atom is 0.323 e. The lowest BCUT2D eigenvalue weighted by Gasteiger charge is -2.12. The van der Waals surface area contributed by atoms with E-state index in [0.717, 1.165) is 11.1 Å². The van der Waals surface area contributed by atoms with Crippen LogP contribution in [0.15, 0.2) is 79.1 Å². The quantitative estimate of drug-likeness (QED) is 0.377. The summed E-state index contributed by atoms with van der Waals surface area (Å²) in [4.78, 5) is 16.7. The van der Waals surface area contributed by atoms with Gasteiger partial charge in [0, 0.05) is 41.0 Å². The molecule has 5 rings (SSSR count). The van der Waals surface area contributed by atoms with Crippen molar-refractivity contribution in [1.82, 2.24) is 24.8 Å². The van der Waals surface area contributed by atoms with Crippen LogP contribution in [0.25, 0.3) is 28.3 Å². The van der Waals surface area contributed by atoms with Crippen LogP contribution in [0.5, 0.6) is 11.5 Å². The molecule has 0 saturated carbocycles. The molecule has 0 fully saturated rings. The molecule has 0 atom stereocenters. The number of nitrogens with one attached hydrogen (secondary N) is 2. The average molecular weight is 467 g/mol. The molecule has 0 aliphatic carbocycles. The molecule has 3 heterocycles. The average Bonchev–Trinajstić information content (AvgIpc) is 3.32. The second-order valence-electron chi connectivity index (χ2n) is 7.48. The zero-order valence-corrected chi connectivity index (χ0v) is 19.0. The minimum Gasteiger partial charge on any atom is -0.493 e. The van der Waals surface area contributed by atoms with E-state index < -0.39 is 6.03 Å². The Morgan fingerprint density at radius 1 is 0.829 bits per heavy atom. The van der Waals surface area contributed by atoms with Crippen LogP contribution in [0.3, 0.4) is 0 Å². The van der Waals surface area contributed by atoms with E-state index in [1.54, 1.807) is 48.3 Å². The zero-order chi connectivity index (χ0) is 24.2. The number of benzene rings is 2. The lowest BCUT2D eigenvalue weighted by atomic mass is 10.1. The largest absolute Gasteiger partial charge is 0.493 e. The van der Waals surface area contributed by atoms with Gasteiger partial charge in [-0.05, 0) is 48.5 Å². The summed E-state index contributed by atoms with van der Waals surface area (Å²) in [5.41, 5.74) is 4.13. The van der Waals surface area contributed by atoms with Crippen molar-refractivity contribution in [2.75, 3.05) is 24.9 Å². The smallest absolute Gasteiger partial charge is 0.323 e. The summed E-state index contributed by atoms with van der Waals surface area (Å²) >= 11 is 0. The topological polar surface area (TPSA) is 116 Å². The fourth-order valence-corrected chi connectivity index (χ4v) is 3.58. The number of urea groups is 1. The van der Waals surface area contributed by atoms with Crippen molar-refractivity contribution in [3.8, 4) is 34.1 Å². The molecule has 0 radical (unpaired) electrons. The number of aromatic nitrogens is 5. The van der Waals surface area contributed by atoms with Gasteiger partial charge < -0.3 is 20.1 Å². The number of amides is 2. The van der Waals surface area contributed by atoms with E-state index >= 15 is 0 Å². The number of ether oxygens (including phenoxy) is 2. The highest BCUT2D eigenvalue weighted by Crippen LogP contribution is 2.30. The first-order valence-electron chi connectivity index (χ1n) is 10.7. The van der Waals surface area contributed by atoms with E-state index in [1.165, 1.54) is 7.11 Å². The summed E-state index contributed by atoms with van der Waals surface area (Å²) in [5.74, 6) is 1.70. The first-order valence-corrected chi connectivity index (χ1v) is 10.7. The Kier molecular flexibility index (Phi) is 5.91. The lowest BCUT2D eigenvalue weighted by molar-refractivity contribution is 0.262. The number of hydrogen-bond acceptors (Lipinski definition) is 7. The predicted molar refractivity (Wildman–Crippen MR) is 132 cm³/mol. The van der Waals surface area contributed by atoms with Crippen LogP contribution in [-0.2, 0) is 0 Å². The summed E-state index contributed by atoms with van der Waals surface area (Å²) in [6.45, 7) is 0. The second-order valence-corrected chi connectivity index (χ2v) is 7.48. The summed E-state index contributed by atoms with van der Waals surface area (Å²) in [6, 6.07) is 19.6. The SMILES string of the molecule is COc1ccc(NC(=O)Nc2cccc(-c3ccc4nnc(-c5cccnc5)n4n3)c2)cc1OC. The molecule has 2 N–H and O–H groups in total. The maximum absolute atomic E-state index is 12.6. The molecule has 0 saturated heterocycles.